The number of aromatic nitrogens is 2. The zero-order valence-corrected chi connectivity index (χ0v) is 20.3. The lowest BCUT2D eigenvalue weighted by atomic mass is 10.1. The third-order valence-electron chi connectivity index (χ3n) is 6.06. The van der Waals surface area contributed by atoms with Crippen molar-refractivity contribution in [1.29, 1.82) is 0 Å². The monoisotopic (exact) mass is 473 g/mol. The molecule has 2 aromatic carbocycles. The smallest absolute Gasteiger partial charge is 0.260 e. The maximum absolute atomic E-state index is 12.7. The van der Waals surface area contributed by atoms with Gasteiger partial charge in [-0.15, -0.1) is 0 Å². The van der Waals surface area contributed by atoms with Gasteiger partial charge in [0.2, 0.25) is 0 Å². The number of ether oxygens (including phenoxy) is 2. The van der Waals surface area contributed by atoms with E-state index in [1.807, 2.05) is 49.5 Å². The first-order chi connectivity index (χ1) is 16.9. The van der Waals surface area contributed by atoms with Crippen molar-refractivity contribution in [2.75, 3.05) is 33.9 Å². The van der Waals surface area contributed by atoms with Crippen LogP contribution in [0.5, 0.6) is 11.5 Å². The molecule has 1 unspecified atom stereocenters. The second kappa shape index (κ2) is 11.2. The maximum Gasteiger partial charge on any atom is 0.260 e. The average molecular weight is 474 g/mol. The molecule has 1 atom stereocenters. The van der Waals surface area contributed by atoms with Crippen LogP contribution < -0.4 is 15.0 Å². The lowest BCUT2D eigenvalue weighted by Crippen LogP contribution is -2.34. The van der Waals surface area contributed by atoms with Crippen LogP contribution in [0.1, 0.15) is 5.56 Å². The van der Waals surface area contributed by atoms with Crippen LogP contribution in [0.4, 0.5) is 0 Å². The minimum absolute atomic E-state index is 0.0786. The van der Waals surface area contributed by atoms with Crippen molar-refractivity contribution >= 4 is 10.9 Å². The SMILES string of the molecule is COc1ccc(CCN(C)CC(O)COc2ccc(-c3cc4ncccc4c(=O)n3C)cc2)cc1. The number of rotatable bonds is 10. The minimum atomic E-state index is -0.608. The fourth-order valence-corrected chi connectivity index (χ4v) is 4.04. The van der Waals surface area contributed by atoms with E-state index < -0.39 is 6.10 Å². The number of hydrogen-bond donors (Lipinski definition) is 1. The van der Waals surface area contributed by atoms with E-state index in [2.05, 4.69) is 22.0 Å². The number of benzene rings is 2. The molecule has 0 amide bonds. The molecule has 4 rings (SSSR count). The Morgan fingerprint density at radius 1 is 1.06 bits per heavy atom. The molecule has 0 saturated carbocycles. The van der Waals surface area contributed by atoms with Gasteiger partial charge in [0.25, 0.3) is 5.56 Å². The van der Waals surface area contributed by atoms with Crippen LogP contribution >= 0.6 is 0 Å². The molecule has 7 nitrogen and oxygen atoms in total. The highest BCUT2D eigenvalue weighted by Crippen LogP contribution is 2.23. The Morgan fingerprint density at radius 2 is 1.77 bits per heavy atom. The fourth-order valence-electron chi connectivity index (χ4n) is 4.04. The highest BCUT2D eigenvalue weighted by molar-refractivity contribution is 5.81. The maximum atomic E-state index is 12.7. The van der Waals surface area contributed by atoms with E-state index in [1.54, 1.807) is 37.1 Å². The molecule has 182 valence electrons. The van der Waals surface area contributed by atoms with Gasteiger partial charge in [-0.25, -0.2) is 0 Å². The Bertz CT molecular complexity index is 1320. The molecule has 2 aromatic heterocycles. The van der Waals surface area contributed by atoms with Gasteiger partial charge in [0, 0.05) is 26.3 Å². The van der Waals surface area contributed by atoms with Crippen LogP contribution in [0.3, 0.4) is 0 Å². The van der Waals surface area contributed by atoms with Gasteiger partial charge in [-0.2, -0.15) is 0 Å². The van der Waals surface area contributed by atoms with Crippen molar-refractivity contribution < 1.29 is 14.6 Å². The molecule has 0 aliphatic rings. The van der Waals surface area contributed by atoms with Crippen LogP contribution in [0.15, 0.2) is 77.7 Å². The number of fused-ring (bicyclic) bond motifs is 1. The van der Waals surface area contributed by atoms with Gasteiger partial charge in [-0.1, -0.05) is 12.1 Å². The van der Waals surface area contributed by atoms with Crippen molar-refractivity contribution in [3.8, 4) is 22.8 Å². The predicted octanol–water partition coefficient (Wildman–Crippen LogP) is 3.52. The fraction of sp³-hybridized carbons (Fsp3) is 0.286. The molecular weight excluding hydrogens is 442 g/mol. The summed E-state index contributed by atoms with van der Waals surface area (Å²) in [5.74, 6) is 1.51. The van der Waals surface area contributed by atoms with E-state index in [1.165, 1.54) is 5.56 Å². The molecule has 0 aliphatic carbocycles. The van der Waals surface area contributed by atoms with Crippen LogP contribution in [-0.4, -0.2) is 59.5 Å². The van der Waals surface area contributed by atoms with Crippen molar-refractivity contribution in [2.45, 2.75) is 12.5 Å². The first-order valence-corrected chi connectivity index (χ1v) is 11.6. The quantitative estimate of drug-likeness (QED) is 0.380. The number of likely N-dealkylation sites (N-methyl/N-ethyl adjacent to an activating group) is 1. The molecule has 0 bridgehead atoms. The topological polar surface area (TPSA) is 76.8 Å². The number of aliphatic hydroxyl groups excluding tert-OH is 1. The summed E-state index contributed by atoms with van der Waals surface area (Å²) in [6.07, 6.45) is 1.97. The summed E-state index contributed by atoms with van der Waals surface area (Å²) >= 11 is 0. The molecule has 4 aromatic rings. The highest BCUT2D eigenvalue weighted by Gasteiger charge is 2.11. The van der Waals surface area contributed by atoms with Gasteiger partial charge in [0.05, 0.1) is 23.7 Å². The van der Waals surface area contributed by atoms with Gasteiger partial charge < -0.3 is 24.0 Å². The lowest BCUT2D eigenvalue weighted by molar-refractivity contribution is 0.0767. The molecule has 0 fully saturated rings. The van der Waals surface area contributed by atoms with Crippen molar-refractivity contribution in [1.82, 2.24) is 14.5 Å². The molecule has 2 heterocycles. The third-order valence-corrected chi connectivity index (χ3v) is 6.06. The number of nitrogens with zero attached hydrogens (tertiary/aromatic N) is 3. The Hall–Kier alpha value is -3.68. The van der Waals surface area contributed by atoms with E-state index in [0.29, 0.717) is 23.2 Å². The largest absolute Gasteiger partial charge is 0.497 e. The van der Waals surface area contributed by atoms with Crippen LogP contribution in [-0.2, 0) is 13.5 Å². The second-order valence-electron chi connectivity index (χ2n) is 8.68. The van der Waals surface area contributed by atoms with E-state index >= 15 is 0 Å². The highest BCUT2D eigenvalue weighted by atomic mass is 16.5. The molecule has 35 heavy (non-hydrogen) atoms. The Balaban J connectivity index is 1.30. The van der Waals surface area contributed by atoms with Crippen molar-refractivity contribution in [2.24, 2.45) is 7.05 Å². The van der Waals surface area contributed by atoms with E-state index in [4.69, 9.17) is 9.47 Å². The van der Waals surface area contributed by atoms with Gasteiger partial charge in [0.15, 0.2) is 0 Å². The van der Waals surface area contributed by atoms with Gasteiger partial charge in [0.1, 0.15) is 24.2 Å². The second-order valence-corrected chi connectivity index (χ2v) is 8.68. The zero-order chi connectivity index (χ0) is 24.8. The summed E-state index contributed by atoms with van der Waals surface area (Å²) in [5.41, 5.74) is 3.49. The average Bonchev–Trinajstić information content (AvgIpc) is 2.89. The first kappa shape index (κ1) is 24.4. The van der Waals surface area contributed by atoms with Crippen LogP contribution in [0, 0.1) is 0 Å². The Morgan fingerprint density at radius 3 is 2.49 bits per heavy atom. The van der Waals surface area contributed by atoms with Gasteiger partial charge in [-0.3, -0.25) is 9.78 Å². The summed E-state index contributed by atoms with van der Waals surface area (Å²) in [6, 6.07) is 21.0. The zero-order valence-electron chi connectivity index (χ0n) is 20.3. The van der Waals surface area contributed by atoms with Crippen LogP contribution in [0.25, 0.3) is 22.2 Å². The Kier molecular flexibility index (Phi) is 7.80. The van der Waals surface area contributed by atoms with Gasteiger partial charge >= 0.3 is 0 Å². The molecular formula is C28H31N3O4. The van der Waals surface area contributed by atoms with E-state index in [0.717, 1.165) is 30.0 Å². The summed E-state index contributed by atoms with van der Waals surface area (Å²) in [5, 5.41) is 11.0. The number of aliphatic hydroxyl groups is 1. The molecule has 1 N–H and O–H groups in total. The third kappa shape index (κ3) is 6.07. The summed E-state index contributed by atoms with van der Waals surface area (Å²) in [4.78, 5) is 19.1. The predicted molar refractivity (Wildman–Crippen MR) is 138 cm³/mol. The number of hydrogen-bond acceptors (Lipinski definition) is 6. The number of methoxy groups -OCH3 is 1. The van der Waals surface area contributed by atoms with Crippen molar-refractivity contribution in [3.05, 3.63) is 88.8 Å². The normalized spacial score (nSPS) is 12.1. The van der Waals surface area contributed by atoms with E-state index in [9.17, 15) is 9.90 Å². The first-order valence-electron chi connectivity index (χ1n) is 11.6. The van der Waals surface area contributed by atoms with Crippen molar-refractivity contribution in [3.63, 3.8) is 0 Å². The minimum Gasteiger partial charge on any atom is -0.497 e. The molecule has 0 spiro atoms. The standard InChI is InChI=1S/C28H31N3O4/c1-30(16-14-20-6-10-23(34-3)11-7-20)18-22(32)19-35-24-12-8-21(9-13-24)27-17-26-25(5-4-15-29-26)28(33)31(27)2/h4-13,15,17,22,32H,14,16,18-19H2,1-3H3. The summed E-state index contributed by atoms with van der Waals surface area (Å²) in [7, 11) is 5.41. The number of pyridine rings is 2. The Labute approximate surface area is 205 Å². The molecule has 0 radical (unpaired) electrons. The van der Waals surface area contributed by atoms with Crippen LogP contribution in [0.2, 0.25) is 0 Å². The summed E-state index contributed by atoms with van der Waals surface area (Å²) < 4.78 is 12.6. The summed E-state index contributed by atoms with van der Waals surface area (Å²) in [6.45, 7) is 1.54. The molecule has 0 saturated heterocycles. The lowest BCUT2D eigenvalue weighted by Gasteiger charge is -2.21. The van der Waals surface area contributed by atoms with Gasteiger partial charge in [-0.05, 0) is 79.2 Å². The molecule has 0 aliphatic heterocycles. The van der Waals surface area contributed by atoms with E-state index in [-0.39, 0.29) is 12.2 Å². The molecule has 7 heteroatoms.